The number of aliphatic imine (C=N–C) groups is 1. The van der Waals surface area contributed by atoms with E-state index in [-0.39, 0.29) is 5.91 Å². The molecular formula is C24H37N5O. The number of hydrogen-bond donors (Lipinski definition) is 2. The smallest absolute Gasteiger partial charge is 0.226 e. The van der Waals surface area contributed by atoms with E-state index in [1.165, 1.54) is 44.2 Å². The molecule has 2 saturated heterocycles. The third kappa shape index (κ3) is 5.34. The Morgan fingerprint density at radius 2 is 1.87 bits per heavy atom. The molecule has 0 aromatic heterocycles. The highest BCUT2D eigenvalue weighted by Gasteiger charge is 2.30. The molecule has 6 heteroatoms. The summed E-state index contributed by atoms with van der Waals surface area (Å²) < 4.78 is 0. The first-order chi connectivity index (χ1) is 14.7. The van der Waals surface area contributed by atoms with Crippen LogP contribution in [0.2, 0.25) is 0 Å². The molecule has 1 amide bonds. The number of carbonyl (C=O) groups is 1. The van der Waals surface area contributed by atoms with Crippen molar-refractivity contribution in [1.82, 2.24) is 15.5 Å². The van der Waals surface area contributed by atoms with Crippen LogP contribution in [0.3, 0.4) is 0 Å². The van der Waals surface area contributed by atoms with Gasteiger partial charge >= 0.3 is 0 Å². The number of amides is 1. The van der Waals surface area contributed by atoms with Crippen molar-refractivity contribution in [3.8, 4) is 0 Å². The van der Waals surface area contributed by atoms with Gasteiger partial charge in [0, 0.05) is 50.4 Å². The average molecular weight is 412 g/mol. The summed E-state index contributed by atoms with van der Waals surface area (Å²) in [5.41, 5.74) is 2.18. The first-order valence-corrected chi connectivity index (χ1v) is 11.9. The molecule has 4 rings (SSSR count). The van der Waals surface area contributed by atoms with Crippen molar-refractivity contribution in [3.05, 3.63) is 29.8 Å². The van der Waals surface area contributed by atoms with Gasteiger partial charge in [-0.1, -0.05) is 25.0 Å². The number of rotatable bonds is 6. The van der Waals surface area contributed by atoms with Crippen molar-refractivity contribution in [2.24, 2.45) is 4.99 Å². The molecule has 3 fully saturated rings. The van der Waals surface area contributed by atoms with E-state index < -0.39 is 0 Å². The summed E-state index contributed by atoms with van der Waals surface area (Å²) >= 11 is 0. The zero-order valence-electron chi connectivity index (χ0n) is 18.4. The lowest BCUT2D eigenvalue weighted by atomic mass is 10.1. The molecular weight excluding hydrogens is 374 g/mol. The van der Waals surface area contributed by atoms with Crippen LogP contribution in [0.5, 0.6) is 0 Å². The van der Waals surface area contributed by atoms with Gasteiger partial charge in [0.05, 0.1) is 6.54 Å². The molecule has 2 heterocycles. The van der Waals surface area contributed by atoms with Crippen molar-refractivity contribution < 1.29 is 4.79 Å². The number of guanidine groups is 1. The predicted octanol–water partition coefficient (Wildman–Crippen LogP) is 3.28. The Morgan fingerprint density at radius 1 is 1.07 bits per heavy atom. The lowest BCUT2D eigenvalue weighted by molar-refractivity contribution is -0.119. The fourth-order valence-corrected chi connectivity index (χ4v) is 5.05. The Kier molecular flexibility index (Phi) is 7.26. The van der Waals surface area contributed by atoms with E-state index in [1.54, 1.807) is 0 Å². The molecule has 30 heavy (non-hydrogen) atoms. The molecule has 164 valence electrons. The number of benzene rings is 1. The molecule has 1 unspecified atom stereocenters. The Hall–Kier alpha value is -2.08. The molecule has 0 spiro atoms. The minimum atomic E-state index is 0.244. The highest BCUT2D eigenvalue weighted by Crippen LogP contribution is 2.26. The van der Waals surface area contributed by atoms with Gasteiger partial charge in [-0.05, 0) is 56.7 Å². The number of nitrogens with one attached hydrogen (secondary N) is 2. The maximum Gasteiger partial charge on any atom is 0.226 e. The molecule has 0 radical (unpaired) electrons. The van der Waals surface area contributed by atoms with Gasteiger partial charge in [0.25, 0.3) is 0 Å². The van der Waals surface area contributed by atoms with E-state index in [9.17, 15) is 4.79 Å². The van der Waals surface area contributed by atoms with Gasteiger partial charge in [-0.2, -0.15) is 0 Å². The molecule has 1 atom stereocenters. The SMILES string of the molecule is CCNC(=NCc1ccc(N2CCCCC2=O)cc1)NC1CCN(C2CCCC2)C1. The van der Waals surface area contributed by atoms with Crippen LogP contribution in [0.4, 0.5) is 5.69 Å². The van der Waals surface area contributed by atoms with Crippen LogP contribution in [0.15, 0.2) is 29.3 Å². The second kappa shape index (κ2) is 10.3. The maximum absolute atomic E-state index is 12.1. The number of likely N-dealkylation sites (tertiary alicyclic amines) is 1. The van der Waals surface area contributed by atoms with Crippen LogP contribution in [0.1, 0.15) is 63.9 Å². The van der Waals surface area contributed by atoms with Gasteiger partial charge in [-0.3, -0.25) is 9.69 Å². The van der Waals surface area contributed by atoms with Gasteiger partial charge in [0.2, 0.25) is 5.91 Å². The number of nitrogens with zero attached hydrogens (tertiary/aromatic N) is 3. The normalized spacial score (nSPS) is 23.9. The van der Waals surface area contributed by atoms with Gasteiger partial charge in [0.15, 0.2) is 5.96 Å². The second-order valence-electron chi connectivity index (χ2n) is 8.93. The fraction of sp³-hybridized carbons (Fsp3) is 0.667. The summed E-state index contributed by atoms with van der Waals surface area (Å²) in [6.45, 7) is 6.79. The van der Waals surface area contributed by atoms with Crippen molar-refractivity contribution >= 4 is 17.6 Å². The number of anilines is 1. The summed E-state index contributed by atoms with van der Waals surface area (Å²) in [5.74, 6) is 1.15. The van der Waals surface area contributed by atoms with Gasteiger partial charge in [0.1, 0.15) is 0 Å². The molecule has 6 nitrogen and oxygen atoms in total. The quantitative estimate of drug-likeness (QED) is 0.557. The van der Waals surface area contributed by atoms with Crippen LogP contribution in [0.25, 0.3) is 0 Å². The average Bonchev–Trinajstić information content (AvgIpc) is 3.45. The molecule has 0 bridgehead atoms. The number of carbonyl (C=O) groups excluding carboxylic acids is 1. The monoisotopic (exact) mass is 411 g/mol. The van der Waals surface area contributed by atoms with Gasteiger partial charge < -0.3 is 15.5 Å². The maximum atomic E-state index is 12.1. The Bertz CT molecular complexity index is 726. The lowest BCUT2D eigenvalue weighted by Gasteiger charge is -2.26. The third-order valence-corrected chi connectivity index (χ3v) is 6.74. The summed E-state index contributed by atoms with van der Waals surface area (Å²) in [5, 5.41) is 7.05. The molecule has 2 aliphatic heterocycles. The predicted molar refractivity (Wildman–Crippen MR) is 123 cm³/mol. The molecule has 3 aliphatic rings. The summed E-state index contributed by atoms with van der Waals surface area (Å²) in [6, 6.07) is 9.61. The highest BCUT2D eigenvalue weighted by molar-refractivity contribution is 5.93. The summed E-state index contributed by atoms with van der Waals surface area (Å²) in [4.78, 5) is 21.5. The van der Waals surface area contributed by atoms with Crippen molar-refractivity contribution in [2.45, 2.75) is 76.9 Å². The van der Waals surface area contributed by atoms with E-state index in [4.69, 9.17) is 4.99 Å². The molecule has 1 saturated carbocycles. The van der Waals surface area contributed by atoms with Crippen molar-refractivity contribution in [1.29, 1.82) is 0 Å². The first-order valence-electron chi connectivity index (χ1n) is 11.9. The van der Waals surface area contributed by atoms with E-state index in [1.807, 2.05) is 4.90 Å². The van der Waals surface area contributed by atoms with Crippen molar-refractivity contribution in [2.75, 3.05) is 31.1 Å². The molecule has 1 aliphatic carbocycles. The number of piperidine rings is 1. The fourth-order valence-electron chi connectivity index (χ4n) is 5.05. The minimum absolute atomic E-state index is 0.244. The van der Waals surface area contributed by atoms with E-state index >= 15 is 0 Å². The Labute approximate surface area is 181 Å². The zero-order chi connectivity index (χ0) is 20.8. The summed E-state index contributed by atoms with van der Waals surface area (Å²) in [6.07, 6.45) is 9.51. The largest absolute Gasteiger partial charge is 0.357 e. The molecule has 1 aromatic rings. The van der Waals surface area contributed by atoms with E-state index in [0.717, 1.165) is 50.2 Å². The van der Waals surface area contributed by atoms with Crippen LogP contribution in [-0.4, -0.2) is 55.0 Å². The highest BCUT2D eigenvalue weighted by atomic mass is 16.2. The zero-order valence-corrected chi connectivity index (χ0v) is 18.4. The van der Waals surface area contributed by atoms with Gasteiger partial charge in [-0.25, -0.2) is 4.99 Å². The first kappa shape index (κ1) is 21.2. The van der Waals surface area contributed by atoms with Crippen LogP contribution in [-0.2, 0) is 11.3 Å². The van der Waals surface area contributed by atoms with E-state index in [0.29, 0.717) is 19.0 Å². The number of hydrogen-bond acceptors (Lipinski definition) is 3. The topological polar surface area (TPSA) is 60.0 Å². The van der Waals surface area contributed by atoms with Crippen molar-refractivity contribution in [3.63, 3.8) is 0 Å². The third-order valence-electron chi connectivity index (χ3n) is 6.74. The van der Waals surface area contributed by atoms with Crippen LogP contribution in [0, 0.1) is 0 Å². The standard InChI is InChI=1S/C24H37N5O/c1-2-25-24(27-20-14-16-28(18-20)21-7-3-4-8-21)26-17-19-10-12-22(13-11-19)29-15-6-5-9-23(29)30/h10-13,20-21H,2-9,14-18H2,1H3,(H2,25,26,27). The molecule has 1 aromatic carbocycles. The van der Waals surface area contributed by atoms with Crippen LogP contribution >= 0.6 is 0 Å². The van der Waals surface area contributed by atoms with Crippen LogP contribution < -0.4 is 15.5 Å². The van der Waals surface area contributed by atoms with E-state index in [2.05, 4.69) is 46.7 Å². The lowest BCUT2D eigenvalue weighted by Crippen LogP contribution is -2.45. The van der Waals surface area contributed by atoms with Gasteiger partial charge in [-0.15, -0.1) is 0 Å². The Morgan fingerprint density at radius 3 is 2.60 bits per heavy atom. The molecule has 2 N–H and O–H groups in total. The Balaban J connectivity index is 1.31. The minimum Gasteiger partial charge on any atom is -0.357 e. The second-order valence-corrected chi connectivity index (χ2v) is 8.93. The summed E-state index contributed by atoms with van der Waals surface area (Å²) in [7, 11) is 0.